The third-order valence-electron chi connectivity index (χ3n) is 6.72. The summed E-state index contributed by atoms with van der Waals surface area (Å²) in [7, 11) is -4.13. The quantitative estimate of drug-likeness (QED) is 0.231. The van der Waals surface area contributed by atoms with E-state index in [1.165, 1.54) is 17.0 Å². The van der Waals surface area contributed by atoms with Crippen LogP contribution in [0.5, 0.6) is 11.5 Å². The standard InChI is InChI=1S/C33H35N3O5S/c1-3-34-33(38)26(2)35(24-23-27-13-7-4-8-14-27)32(37)25-36(42(39,40)31-17-11-6-12-18-31)28-19-21-30(22-20-28)41-29-15-9-5-10-16-29/h4-22,26H,3,23-25H2,1-2H3,(H,34,38). The van der Waals surface area contributed by atoms with Gasteiger partial charge < -0.3 is 15.0 Å². The fraction of sp³-hybridized carbons (Fsp3) is 0.212. The van der Waals surface area contributed by atoms with E-state index in [0.29, 0.717) is 30.2 Å². The number of ether oxygens (including phenoxy) is 1. The Morgan fingerprint density at radius 1 is 0.786 bits per heavy atom. The molecule has 0 aliphatic carbocycles. The van der Waals surface area contributed by atoms with Gasteiger partial charge in [0, 0.05) is 13.1 Å². The maximum Gasteiger partial charge on any atom is 0.264 e. The Bertz CT molecular complexity index is 1550. The fourth-order valence-electron chi connectivity index (χ4n) is 4.45. The smallest absolute Gasteiger partial charge is 0.264 e. The van der Waals surface area contributed by atoms with Crippen molar-refractivity contribution < 1.29 is 22.7 Å². The Morgan fingerprint density at radius 3 is 1.93 bits per heavy atom. The molecule has 8 nitrogen and oxygen atoms in total. The van der Waals surface area contributed by atoms with Crippen LogP contribution in [0.2, 0.25) is 0 Å². The molecule has 4 rings (SSSR count). The zero-order chi connectivity index (χ0) is 30.0. The van der Waals surface area contributed by atoms with E-state index in [4.69, 9.17) is 4.74 Å². The third-order valence-corrected chi connectivity index (χ3v) is 8.50. The minimum Gasteiger partial charge on any atom is -0.457 e. The van der Waals surface area contributed by atoms with E-state index in [2.05, 4.69) is 5.32 Å². The van der Waals surface area contributed by atoms with Crippen molar-refractivity contribution in [3.63, 3.8) is 0 Å². The van der Waals surface area contributed by atoms with Crippen molar-refractivity contribution in [2.75, 3.05) is 23.9 Å². The molecule has 0 aliphatic rings. The first-order valence-electron chi connectivity index (χ1n) is 13.8. The molecule has 0 aliphatic heterocycles. The maximum atomic E-state index is 13.9. The van der Waals surface area contributed by atoms with Crippen molar-refractivity contribution in [1.82, 2.24) is 10.2 Å². The van der Waals surface area contributed by atoms with Gasteiger partial charge in [-0.3, -0.25) is 13.9 Å². The van der Waals surface area contributed by atoms with E-state index in [1.807, 2.05) is 60.7 Å². The van der Waals surface area contributed by atoms with Crippen LogP contribution >= 0.6 is 0 Å². The van der Waals surface area contributed by atoms with Crippen molar-refractivity contribution >= 4 is 27.5 Å². The maximum absolute atomic E-state index is 13.9. The van der Waals surface area contributed by atoms with Gasteiger partial charge in [0.05, 0.1) is 10.6 Å². The molecule has 0 aromatic heterocycles. The number of anilines is 1. The van der Waals surface area contributed by atoms with Gasteiger partial charge in [-0.1, -0.05) is 66.7 Å². The van der Waals surface area contributed by atoms with Crippen molar-refractivity contribution in [2.45, 2.75) is 31.2 Å². The van der Waals surface area contributed by atoms with Crippen LogP contribution in [0.4, 0.5) is 5.69 Å². The van der Waals surface area contributed by atoms with Crippen molar-refractivity contribution in [1.29, 1.82) is 0 Å². The lowest BCUT2D eigenvalue weighted by Crippen LogP contribution is -2.52. The number of hydrogen-bond acceptors (Lipinski definition) is 5. The number of nitrogens with zero attached hydrogens (tertiary/aromatic N) is 2. The summed E-state index contributed by atoms with van der Waals surface area (Å²) in [4.78, 5) is 28.2. The Labute approximate surface area is 247 Å². The second kappa shape index (κ2) is 14.3. The fourth-order valence-corrected chi connectivity index (χ4v) is 5.88. The highest BCUT2D eigenvalue weighted by molar-refractivity contribution is 7.92. The third kappa shape index (κ3) is 7.76. The molecule has 218 valence electrons. The number of sulfonamides is 1. The number of para-hydroxylation sites is 1. The Balaban J connectivity index is 1.65. The zero-order valence-electron chi connectivity index (χ0n) is 23.7. The first kappa shape index (κ1) is 30.3. The molecule has 0 spiro atoms. The van der Waals surface area contributed by atoms with E-state index < -0.39 is 28.5 Å². The van der Waals surface area contributed by atoms with E-state index in [1.54, 1.807) is 56.3 Å². The first-order chi connectivity index (χ1) is 20.3. The average molecular weight is 586 g/mol. The Morgan fingerprint density at radius 2 is 1.33 bits per heavy atom. The Hall–Kier alpha value is -4.63. The van der Waals surface area contributed by atoms with Crippen molar-refractivity contribution in [2.24, 2.45) is 0 Å². The van der Waals surface area contributed by atoms with Crippen molar-refractivity contribution in [3.8, 4) is 11.5 Å². The highest BCUT2D eigenvalue weighted by atomic mass is 32.2. The lowest BCUT2D eigenvalue weighted by atomic mass is 10.1. The van der Waals surface area contributed by atoms with E-state index in [-0.39, 0.29) is 17.3 Å². The van der Waals surface area contributed by atoms with Crippen LogP contribution in [0.3, 0.4) is 0 Å². The number of likely N-dealkylation sites (N-methyl/N-ethyl adjacent to an activating group) is 1. The van der Waals surface area contributed by atoms with Gasteiger partial charge >= 0.3 is 0 Å². The van der Waals surface area contributed by atoms with E-state index in [0.717, 1.165) is 9.87 Å². The summed E-state index contributed by atoms with van der Waals surface area (Å²) >= 11 is 0. The summed E-state index contributed by atoms with van der Waals surface area (Å²) in [6.45, 7) is 3.62. The average Bonchev–Trinajstić information content (AvgIpc) is 3.02. The van der Waals surface area contributed by atoms with Crippen LogP contribution in [0.1, 0.15) is 19.4 Å². The number of benzene rings is 4. The van der Waals surface area contributed by atoms with Gasteiger partial charge in [0.15, 0.2) is 0 Å². The van der Waals surface area contributed by atoms with Crippen LogP contribution in [-0.4, -0.2) is 50.8 Å². The van der Waals surface area contributed by atoms with Crippen LogP contribution in [0.15, 0.2) is 120 Å². The van der Waals surface area contributed by atoms with Crippen LogP contribution in [0, 0.1) is 0 Å². The van der Waals surface area contributed by atoms with Gasteiger partial charge in [0.2, 0.25) is 11.8 Å². The predicted octanol–water partition coefficient (Wildman–Crippen LogP) is 5.27. The summed E-state index contributed by atoms with van der Waals surface area (Å²) in [5.41, 5.74) is 1.29. The molecule has 0 fully saturated rings. The lowest BCUT2D eigenvalue weighted by Gasteiger charge is -2.32. The van der Waals surface area contributed by atoms with Gasteiger partial charge in [0.1, 0.15) is 24.1 Å². The molecule has 2 amide bonds. The minimum atomic E-state index is -4.13. The molecule has 0 saturated carbocycles. The summed E-state index contributed by atoms with van der Waals surface area (Å²) < 4.78 is 34.7. The number of hydrogen-bond donors (Lipinski definition) is 1. The van der Waals surface area contributed by atoms with E-state index in [9.17, 15) is 18.0 Å². The molecule has 9 heteroatoms. The molecule has 0 bridgehead atoms. The lowest BCUT2D eigenvalue weighted by molar-refractivity contribution is -0.138. The summed E-state index contributed by atoms with van der Waals surface area (Å²) in [6, 6.07) is 32.6. The van der Waals surface area contributed by atoms with Gasteiger partial charge in [0.25, 0.3) is 10.0 Å². The Kier molecular flexibility index (Phi) is 10.3. The molecule has 0 heterocycles. The molecule has 1 N–H and O–H groups in total. The van der Waals surface area contributed by atoms with Crippen molar-refractivity contribution in [3.05, 3.63) is 121 Å². The number of rotatable bonds is 13. The molecular formula is C33H35N3O5S. The summed E-state index contributed by atoms with van der Waals surface area (Å²) in [5, 5.41) is 2.77. The number of carbonyl (C=O) groups is 2. The normalized spacial score (nSPS) is 11.8. The molecule has 0 saturated heterocycles. The van der Waals surface area contributed by atoms with E-state index >= 15 is 0 Å². The number of amides is 2. The highest BCUT2D eigenvalue weighted by Crippen LogP contribution is 2.28. The predicted molar refractivity (Wildman–Crippen MR) is 164 cm³/mol. The molecule has 1 unspecified atom stereocenters. The molecular weight excluding hydrogens is 550 g/mol. The largest absolute Gasteiger partial charge is 0.457 e. The van der Waals surface area contributed by atoms with Crippen LogP contribution < -0.4 is 14.4 Å². The van der Waals surface area contributed by atoms with Gasteiger partial charge in [-0.25, -0.2) is 8.42 Å². The van der Waals surface area contributed by atoms with Gasteiger partial charge in [-0.05, 0) is 74.4 Å². The van der Waals surface area contributed by atoms with Gasteiger partial charge in [-0.15, -0.1) is 0 Å². The summed E-state index contributed by atoms with van der Waals surface area (Å²) in [5.74, 6) is 0.359. The number of nitrogens with one attached hydrogen (secondary N) is 1. The molecule has 1 atom stereocenters. The molecule has 0 radical (unpaired) electrons. The zero-order valence-corrected chi connectivity index (χ0v) is 24.5. The monoisotopic (exact) mass is 585 g/mol. The molecule has 42 heavy (non-hydrogen) atoms. The topological polar surface area (TPSA) is 96.0 Å². The molecule has 4 aromatic rings. The SMILES string of the molecule is CCNC(=O)C(C)N(CCc1ccccc1)C(=O)CN(c1ccc(Oc2ccccc2)cc1)S(=O)(=O)c1ccccc1. The van der Waals surface area contributed by atoms with Crippen LogP contribution in [0.25, 0.3) is 0 Å². The first-order valence-corrected chi connectivity index (χ1v) is 15.3. The molecule has 4 aromatic carbocycles. The highest BCUT2D eigenvalue weighted by Gasteiger charge is 2.32. The second-order valence-electron chi connectivity index (χ2n) is 9.63. The second-order valence-corrected chi connectivity index (χ2v) is 11.5. The van der Waals surface area contributed by atoms with Gasteiger partial charge in [-0.2, -0.15) is 0 Å². The number of carbonyl (C=O) groups excluding carboxylic acids is 2. The summed E-state index contributed by atoms with van der Waals surface area (Å²) in [6.07, 6.45) is 0.507. The minimum absolute atomic E-state index is 0.0509. The van der Waals surface area contributed by atoms with Crippen LogP contribution in [-0.2, 0) is 26.0 Å².